The van der Waals surface area contributed by atoms with E-state index in [0.717, 1.165) is 26.1 Å². The highest BCUT2D eigenvalue weighted by Gasteiger charge is 2.34. The lowest BCUT2D eigenvalue weighted by molar-refractivity contribution is -0.896. The molecule has 2 amide bonds. The highest BCUT2D eigenvalue weighted by Crippen LogP contribution is 2.22. The predicted octanol–water partition coefficient (Wildman–Crippen LogP) is 0.597. The molecule has 0 saturated carbocycles. The standard InChI is InChI=1S/C15H20N2O2/c1-3-16(4-2)10-7-11-17-14(18)12-8-5-6-9-13(12)15(17)19/h5-6,8-9H,3-4,7,10-11H2,1-2H3/p+1. The van der Waals surface area contributed by atoms with E-state index in [1.807, 2.05) is 0 Å². The zero-order chi connectivity index (χ0) is 13.8. The maximum atomic E-state index is 12.1. The number of quaternary nitrogens is 1. The molecule has 4 nitrogen and oxygen atoms in total. The van der Waals surface area contributed by atoms with Gasteiger partial charge in [0, 0.05) is 13.0 Å². The summed E-state index contributed by atoms with van der Waals surface area (Å²) in [6.07, 6.45) is 0.864. The number of carbonyl (C=O) groups is 2. The van der Waals surface area contributed by atoms with Crippen LogP contribution in [-0.4, -0.2) is 42.9 Å². The topological polar surface area (TPSA) is 41.8 Å². The molecular weight excluding hydrogens is 240 g/mol. The van der Waals surface area contributed by atoms with Crippen LogP contribution in [0.2, 0.25) is 0 Å². The number of carbonyl (C=O) groups excluding carboxylic acids is 2. The molecule has 1 aromatic carbocycles. The minimum Gasteiger partial charge on any atom is -0.335 e. The van der Waals surface area contributed by atoms with Crippen LogP contribution in [0, 0.1) is 0 Å². The first kappa shape index (κ1) is 13.7. The molecule has 0 aromatic heterocycles. The van der Waals surface area contributed by atoms with Crippen LogP contribution in [-0.2, 0) is 0 Å². The second kappa shape index (κ2) is 5.97. The predicted molar refractivity (Wildman–Crippen MR) is 73.3 cm³/mol. The fourth-order valence-electron chi connectivity index (χ4n) is 2.53. The highest BCUT2D eigenvalue weighted by atomic mass is 16.2. The lowest BCUT2D eigenvalue weighted by Crippen LogP contribution is -3.11. The number of rotatable bonds is 6. The van der Waals surface area contributed by atoms with Gasteiger partial charge in [0.15, 0.2) is 0 Å². The van der Waals surface area contributed by atoms with Gasteiger partial charge in [-0.3, -0.25) is 14.5 Å². The van der Waals surface area contributed by atoms with E-state index in [1.54, 1.807) is 24.3 Å². The number of nitrogens with zero attached hydrogens (tertiary/aromatic N) is 1. The van der Waals surface area contributed by atoms with Crippen molar-refractivity contribution in [3.63, 3.8) is 0 Å². The average molecular weight is 261 g/mol. The first-order chi connectivity index (χ1) is 9.19. The molecule has 2 rings (SSSR count). The Morgan fingerprint density at radius 2 is 1.53 bits per heavy atom. The van der Waals surface area contributed by atoms with Crippen LogP contribution < -0.4 is 4.90 Å². The van der Waals surface area contributed by atoms with Crippen molar-refractivity contribution in [3.8, 4) is 0 Å². The minimum atomic E-state index is -0.143. The third-order valence-corrected chi connectivity index (χ3v) is 3.79. The first-order valence-corrected chi connectivity index (χ1v) is 6.97. The van der Waals surface area contributed by atoms with Gasteiger partial charge in [-0.1, -0.05) is 12.1 Å². The van der Waals surface area contributed by atoms with Crippen LogP contribution >= 0.6 is 0 Å². The number of amides is 2. The smallest absolute Gasteiger partial charge is 0.261 e. The zero-order valence-electron chi connectivity index (χ0n) is 11.6. The number of imide groups is 1. The van der Waals surface area contributed by atoms with Crippen molar-refractivity contribution in [1.82, 2.24) is 4.90 Å². The van der Waals surface area contributed by atoms with Gasteiger partial charge >= 0.3 is 0 Å². The fraction of sp³-hybridized carbons (Fsp3) is 0.467. The molecule has 1 N–H and O–H groups in total. The quantitative estimate of drug-likeness (QED) is 0.762. The van der Waals surface area contributed by atoms with E-state index in [4.69, 9.17) is 0 Å². The van der Waals surface area contributed by atoms with Crippen molar-refractivity contribution in [1.29, 1.82) is 0 Å². The summed E-state index contributed by atoms with van der Waals surface area (Å²) >= 11 is 0. The van der Waals surface area contributed by atoms with Crippen LogP contribution in [0.15, 0.2) is 24.3 Å². The molecule has 4 heteroatoms. The Bertz CT molecular complexity index is 446. The average Bonchev–Trinajstić information content (AvgIpc) is 2.69. The molecule has 0 radical (unpaired) electrons. The molecule has 0 bridgehead atoms. The van der Waals surface area contributed by atoms with Crippen molar-refractivity contribution >= 4 is 11.8 Å². The van der Waals surface area contributed by atoms with Gasteiger partial charge in [0.25, 0.3) is 11.8 Å². The van der Waals surface area contributed by atoms with Crippen LogP contribution in [0.5, 0.6) is 0 Å². The minimum absolute atomic E-state index is 0.143. The van der Waals surface area contributed by atoms with Crippen molar-refractivity contribution < 1.29 is 14.5 Å². The SMILES string of the molecule is CC[NH+](CC)CCCN1C(=O)c2ccccc2C1=O. The lowest BCUT2D eigenvalue weighted by Gasteiger charge is -2.18. The van der Waals surface area contributed by atoms with Crippen LogP contribution in [0.4, 0.5) is 0 Å². The van der Waals surface area contributed by atoms with E-state index in [1.165, 1.54) is 9.80 Å². The second-order valence-electron chi connectivity index (χ2n) is 4.87. The van der Waals surface area contributed by atoms with Crippen molar-refractivity contribution in [2.45, 2.75) is 20.3 Å². The molecule has 0 aliphatic carbocycles. The number of hydrogen-bond acceptors (Lipinski definition) is 2. The summed E-state index contributed by atoms with van der Waals surface area (Å²) in [5, 5.41) is 0. The molecule has 0 atom stereocenters. The Labute approximate surface area is 114 Å². The van der Waals surface area contributed by atoms with Gasteiger partial charge in [0.05, 0.1) is 30.8 Å². The summed E-state index contributed by atoms with van der Waals surface area (Å²) in [6.45, 7) is 8.00. The number of benzene rings is 1. The molecular formula is C15H21N2O2+. The van der Waals surface area contributed by atoms with Gasteiger partial charge in [-0.2, -0.15) is 0 Å². The molecule has 1 aromatic rings. The molecule has 1 heterocycles. The monoisotopic (exact) mass is 261 g/mol. The van der Waals surface area contributed by atoms with E-state index in [0.29, 0.717) is 17.7 Å². The second-order valence-corrected chi connectivity index (χ2v) is 4.87. The Morgan fingerprint density at radius 3 is 2.00 bits per heavy atom. The van der Waals surface area contributed by atoms with Crippen LogP contribution in [0.1, 0.15) is 41.0 Å². The van der Waals surface area contributed by atoms with E-state index < -0.39 is 0 Å². The van der Waals surface area contributed by atoms with Crippen LogP contribution in [0.3, 0.4) is 0 Å². The third-order valence-electron chi connectivity index (χ3n) is 3.79. The molecule has 0 saturated heterocycles. The van der Waals surface area contributed by atoms with E-state index in [9.17, 15) is 9.59 Å². The van der Waals surface area contributed by atoms with Crippen LogP contribution in [0.25, 0.3) is 0 Å². The number of nitrogens with one attached hydrogen (secondary N) is 1. The normalized spacial score (nSPS) is 14.4. The molecule has 102 valence electrons. The van der Waals surface area contributed by atoms with Gasteiger partial charge in [-0.15, -0.1) is 0 Å². The molecule has 1 aliphatic rings. The maximum Gasteiger partial charge on any atom is 0.261 e. The lowest BCUT2D eigenvalue weighted by atomic mass is 10.1. The summed E-state index contributed by atoms with van der Waals surface area (Å²) in [5.74, 6) is -0.287. The van der Waals surface area contributed by atoms with Gasteiger partial charge in [0.1, 0.15) is 0 Å². The summed E-state index contributed by atoms with van der Waals surface area (Å²) in [4.78, 5) is 27.1. The van der Waals surface area contributed by atoms with Gasteiger partial charge in [-0.05, 0) is 26.0 Å². The Balaban J connectivity index is 1.97. The van der Waals surface area contributed by atoms with Gasteiger partial charge in [-0.25, -0.2) is 0 Å². The number of hydrogen-bond donors (Lipinski definition) is 1. The zero-order valence-corrected chi connectivity index (χ0v) is 11.6. The van der Waals surface area contributed by atoms with Gasteiger partial charge < -0.3 is 4.90 Å². The molecule has 1 aliphatic heterocycles. The molecule has 0 unspecified atom stereocenters. The molecule has 19 heavy (non-hydrogen) atoms. The number of fused-ring (bicyclic) bond motifs is 1. The summed E-state index contributed by atoms with van der Waals surface area (Å²) in [5.41, 5.74) is 1.09. The maximum absolute atomic E-state index is 12.1. The Morgan fingerprint density at radius 1 is 1.00 bits per heavy atom. The Hall–Kier alpha value is -1.68. The third kappa shape index (κ3) is 2.68. The van der Waals surface area contributed by atoms with Crippen molar-refractivity contribution in [2.75, 3.05) is 26.2 Å². The summed E-state index contributed by atoms with van der Waals surface area (Å²) in [7, 11) is 0. The largest absolute Gasteiger partial charge is 0.335 e. The first-order valence-electron chi connectivity index (χ1n) is 6.97. The van der Waals surface area contributed by atoms with E-state index >= 15 is 0 Å². The van der Waals surface area contributed by atoms with E-state index in [2.05, 4.69) is 13.8 Å². The summed E-state index contributed by atoms with van der Waals surface area (Å²) in [6, 6.07) is 7.05. The van der Waals surface area contributed by atoms with E-state index in [-0.39, 0.29) is 11.8 Å². The van der Waals surface area contributed by atoms with Crippen molar-refractivity contribution in [3.05, 3.63) is 35.4 Å². The van der Waals surface area contributed by atoms with Crippen molar-refractivity contribution in [2.24, 2.45) is 0 Å². The fourth-order valence-corrected chi connectivity index (χ4v) is 2.53. The highest BCUT2D eigenvalue weighted by molar-refractivity contribution is 6.21. The molecule has 0 spiro atoms. The summed E-state index contributed by atoms with van der Waals surface area (Å²) < 4.78 is 0. The van der Waals surface area contributed by atoms with Gasteiger partial charge in [0.2, 0.25) is 0 Å². The molecule has 0 fully saturated rings. The Kier molecular flexibility index (Phi) is 4.32.